The maximum Gasteiger partial charge on any atom is 0.346 e. The molecule has 1 heterocycles. The van der Waals surface area contributed by atoms with Crippen LogP contribution < -0.4 is 10.7 Å². The molecule has 6 heteroatoms. The number of hydrogen-bond donors (Lipinski definition) is 2. The second-order valence-corrected chi connectivity index (χ2v) is 2.99. The highest BCUT2D eigenvalue weighted by molar-refractivity contribution is 6.63. The molecule has 1 aliphatic heterocycles. The summed E-state index contributed by atoms with van der Waals surface area (Å²) in [7, 11) is 0. The highest BCUT2D eigenvalue weighted by Gasteiger charge is 2.15. The molecule has 16 heavy (non-hydrogen) atoms. The van der Waals surface area contributed by atoms with Gasteiger partial charge in [0.05, 0.1) is 6.21 Å². The van der Waals surface area contributed by atoms with Gasteiger partial charge >= 0.3 is 6.03 Å². The van der Waals surface area contributed by atoms with Gasteiger partial charge in [-0.05, 0) is 12.1 Å². The van der Waals surface area contributed by atoms with Crippen molar-refractivity contribution >= 4 is 29.6 Å². The SMILES string of the molecule is O=C(N=C1C=NNC1=O)Nc1ccccc1. The molecule has 2 N–H and O–H groups in total. The van der Waals surface area contributed by atoms with Gasteiger partial charge in [0.1, 0.15) is 0 Å². The molecule has 0 atom stereocenters. The number of carbonyl (C=O) groups excluding carboxylic acids is 2. The van der Waals surface area contributed by atoms with Crippen LogP contribution in [0.4, 0.5) is 10.5 Å². The topological polar surface area (TPSA) is 82.9 Å². The quantitative estimate of drug-likeness (QED) is 0.726. The van der Waals surface area contributed by atoms with Gasteiger partial charge in [0.15, 0.2) is 5.71 Å². The number of amides is 3. The van der Waals surface area contributed by atoms with Gasteiger partial charge in [-0.15, -0.1) is 0 Å². The van der Waals surface area contributed by atoms with E-state index in [0.29, 0.717) is 5.69 Å². The number of carbonyl (C=O) groups is 2. The van der Waals surface area contributed by atoms with Gasteiger partial charge in [0.25, 0.3) is 5.91 Å². The third-order valence-electron chi connectivity index (χ3n) is 1.83. The van der Waals surface area contributed by atoms with Gasteiger partial charge in [-0.2, -0.15) is 10.1 Å². The summed E-state index contributed by atoms with van der Waals surface area (Å²) < 4.78 is 0. The van der Waals surface area contributed by atoms with Gasteiger partial charge in [-0.25, -0.2) is 10.2 Å². The summed E-state index contributed by atoms with van der Waals surface area (Å²) in [6, 6.07) is 8.24. The molecule has 3 amide bonds. The van der Waals surface area contributed by atoms with E-state index in [4.69, 9.17) is 0 Å². The summed E-state index contributed by atoms with van der Waals surface area (Å²) in [6.45, 7) is 0. The average Bonchev–Trinajstić information content (AvgIpc) is 2.66. The van der Waals surface area contributed by atoms with Crippen molar-refractivity contribution < 1.29 is 9.59 Å². The van der Waals surface area contributed by atoms with Crippen molar-refractivity contribution in [1.82, 2.24) is 5.43 Å². The molecular weight excluding hydrogens is 208 g/mol. The number of nitrogens with zero attached hydrogens (tertiary/aromatic N) is 2. The Morgan fingerprint density at radius 2 is 2.06 bits per heavy atom. The van der Waals surface area contributed by atoms with Crippen LogP contribution in [0.15, 0.2) is 40.4 Å². The van der Waals surface area contributed by atoms with Crippen molar-refractivity contribution in [1.29, 1.82) is 0 Å². The summed E-state index contributed by atoms with van der Waals surface area (Å²) in [5.74, 6) is -0.483. The van der Waals surface area contributed by atoms with Crippen LogP contribution in [0.5, 0.6) is 0 Å². The number of hydrazone groups is 1. The molecule has 0 radical (unpaired) electrons. The molecule has 0 unspecified atom stereocenters. The Balaban J connectivity index is 2.05. The first kappa shape index (κ1) is 10.0. The molecule has 1 aromatic rings. The van der Waals surface area contributed by atoms with Crippen molar-refractivity contribution in [3.05, 3.63) is 30.3 Å². The van der Waals surface area contributed by atoms with Gasteiger partial charge in [0, 0.05) is 5.69 Å². The molecule has 0 saturated heterocycles. The summed E-state index contributed by atoms with van der Waals surface area (Å²) >= 11 is 0. The van der Waals surface area contributed by atoms with Crippen LogP contribution in [-0.4, -0.2) is 23.9 Å². The molecule has 0 spiro atoms. The van der Waals surface area contributed by atoms with Gasteiger partial charge in [-0.1, -0.05) is 18.2 Å². The molecule has 2 rings (SSSR count). The number of para-hydroxylation sites is 1. The summed E-state index contributed by atoms with van der Waals surface area (Å²) in [5.41, 5.74) is 2.77. The Morgan fingerprint density at radius 1 is 1.31 bits per heavy atom. The molecule has 0 fully saturated rings. The largest absolute Gasteiger partial charge is 0.346 e. The number of nitrogens with one attached hydrogen (secondary N) is 2. The minimum absolute atomic E-state index is 0.00608. The van der Waals surface area contributed by atoms with Gasteiger partial charge < -0.3 is 5.32 Å². The number of benzene rings is 1. The monoisotopic (exact) mass is 216 g/mol. The van der Waals surface area contributed by atoms with E-state index in [1.807, 2.05) is 6.07 Å². The fourth-order valence-electron chi connectivity index (χ4n) is 1.13. The highest BCUT2D eigenvalue weighted by atomic mass is 16.2. The Morgan fingerprint density at radius 3 is 2.69 bits per heavy atom. The first-order valence-electron chi connectivity index (χ1n) is 4.54. The van der Waals surface area contributed by atoms with Crippen molar-refractivity contribution in [2.45, 2.75) is 0 Å². The first-order chi connectivity index (χ1) is 7.75. The molecule has 1 aliphatic rings. The molecule has 0 bridgehead atoms. The molecule has 0 aromatic heterocycles. The molecule has 0 saturated carbocycles. The lowest BCUT2D eigenvalue weighted by Gasteiger charge is -1.99. The van der Waals surface area contributed by atoms with Crippen LogP contribution in [0.2, 0.25) is 0 Å². The van der Waals surface area contributed by atoms with Crippen LogP contribution in [0.3, 0.4) is 0 Å². The number of aliphatic imine (C=N–C) groups is 1. The Labute approximate surface area is 91.1 Å². The predicted octanol–water partition coefficient (Wildman–Crippen LogP) is 0.775. The normalized spacial score (nSPS) is 16.2. The van der Waals surface area contributed by atoms with Crippen LogP contribution in [0.1, 0.15) is 0 Å². The van der Waals surface area contributed by atoms with Gasteiger partial charge in [0.2, 0.25) is 0 Å². The third kappa shape index (κ3) is 2.30. The molecular formula is C10H8N4O2. The molecule has 1 aromatic carbocycles. The van der Waals surface area contributed by atoms with E-state index in [9.17, 15) is 9.59 Å². The van der Waals surface area contributed by atoms with E-state index >= 15 is 0 Å². The third-order valence-corrected chi connectivity index (χ3v) is 1.83. The van der Waals surface area contributed by atoms with Gasteiger partial charge in [-0.3, -0.25) is 4.79 Å². The minimum Gasteiger partial charge on any atom is -0.306 e. The smallest absolute Gasteiger partial charge is 0.306 e. The van der Waals surface area contributed by atoms with Crippen molar-refractivity contribution in [2.24, 2.45) is 10.1 Å². The standard InChI is InChI=1S/C10H8N4O2/c15-9-8(6-11-14-9)13-10(16)12-7-4-2-1-3-5-7/h1-6H,(H2,12,13,14,15,16). The Bertz CT molecular complexity index is 479. The maximum atomic E-state index is 11.4. The van der Waals surface area contributed by atoms with Crippen LogP contribution in [0, 0.1) is 0 Å². The minimum atomic E-state index is -0.607. The zero-order chi connectivity index (χ0) is 11.4. The van der Waals surface area contributed by atoms with Crippen LogP contribution in [-0.2, 0) is 4.79 Å². The lowest BCUT2D eigenvalue weighted by Crippen LogP contribution is -2.22. The fraction of sp³-hybridized carbons (Fsp3) is 0. The number of anilines is 1. The van der Waals surface area contributed by atoms with Crippen LogP contribution in [0.25, 0.3) is 0 Å². The number of hydrogen-bond acceptors (Lipinski definition) is 3. The van der Waals surface area contributed by atoms with Crippen LogP contribution >= 0.6 is 0 Å². The van der Waals surface area contributed by atoms with E-state index in [2.05, 4.69) is 20.8 Å². The Kier molecular flexibility index (Phi) is 2.73. The maximum absolute atomic E-state index is 11.4. The average molecular weight is 216 g/mol. The van der Waals surface area contributed by atoms with E-state index in [0.717, 1.165) is 0 Å². The molecule has 80 valence electrons. The second kappa shape index (κ2) is 4.35. The molecule has 6 nitrogen and oxygen atoms in total. The first-order valence-corrected chi connectivity index (χ1v) is 4.54. The Hall–Kier alpha value is -2.50. The number of urea groups is 1. The van der Waals surface area contributed by atoms with Crippen molar-refractivity contribution in [3.63, 3.8) is 0 Å². The predicted molar refractivity (Wildman–Crippen MR) is 59.5 cm³/mol. The summed E-state index contributed by atoms with van der Waals surface area (Å²) in [5, 5.41) is 5.99. The van der Waals surface area contributed by atoms with E-state index in [-0.39, 0.29) is 5.71 Å². The lowest BCUT2D eigenvalue weighted by molar-refractivity contribution is -0.114. The zero-order valence-electron chi connectivity index (χ0n) is 8.18. The number of rotatable bonds is 1. The lowest BCUT2D eigenvalue weighted by atomic mass is 10.3. The van der Waals surface area contributed by atoms with Crippen molar-refractivity contribution in [2.75, 3.05) is 5.32 Å². The highest BCUT2D eigenvalue weighted by Crippen LogP contribution is 2.05. The summed E-state index contributed by atoms with van der Waals surface area (Å²) in [6.07, 6.45) is 1.20. The van der Waals surface area contributed by atoms with Crippen molar-refractivity contribution in [3.8, 4) is 0 Å². The van der Waals surface area contributed by atoms with E-state index in [1.165, 1.54) is 6.21 Å². The second-order valence-electron chi connectivity index (χ2n) is 2.99. The summed E-state index contributed by atoms with van der Waals surface area (Å²) in [4.78, 5) is 25.9. The fourth-order valence-corrected chi connectivity index (χ4v) is 1.13. The van der Waals surface area contributed by atoms with E-state index < -0.39 is 11.9 Å². The molecule has 0 aliphatic carbocycles. The zero-order valence-corrected chi connectivity index (χ0v) is 8.18. The van der Waals surface area contributed by atoms with E-state index in [1.54, 1.807) is 24.3 Å².